The lowest BCUT2D eigenvalue weighted by molar-refractivity contribution is 0.0682. The van der Waals surface area contributed by atoms with Gasteiger partial charge in [-0.2, -0.15) is 0 Å². The first-order valence-electron chi connectivity index (χ1n) is 12.0. The summed E-state index contributed by atoms with van der Waals surface area (Å²) in [6.07, 6.45) is 5.59. The Bertz CT molecular complexity index is 1450. The molecule has 3 aromatic heterocycles. The number of aromatic nitrogens is 2. The minimum atomic E-state index is -0.105. The van der Waals surface area contributed by atoms with Gasteiger partial charge in [0.25, 0.3) is 5.91 Å². The topological polar surface area (TPSA) is 99.5 Å². The number of benzene rings is 1. The number of aliphatic hydroxyl groups excluding tert-OH is 1. The number of nitrogens with zero attached hydrogens (tertiary/aromatic N) is 3. The van der Waals surface area contributed by atoms with Gasteiger partial charge < -0.3 is 20.6 Å². The first-order chi connectivity index (χ1) is 17.0. The summed E-state index contributed by atoms with van der Waals surface area (Å²) in [6.45, 7) is 2.61. The fourth-order valence-corrected chi connectivity index (χ4v) is 5.94. The smallest absolute Gasteiger partial charge is 0.326 e. The van der Waals surface area contributed by atoms with E-state index in [1.54, 1.807) is 15.7 Å². The molecule has 4 heterocycles. The van der Waals surface area contributed by atoms with Gasteiger partial charge in [-0.05, 0) is 69.0 Å². The SMILES string of the molecule is Cc1cc2cc(Nc3ccnc4cc(C(=O)N5CCC[C@H]5CO)sc34)ccc2n1C(=O)NC1CC1. The second-order valence-electron chi connectivity index (χ2n) is 9.40. The van der Waals surface area contributed by atoms with E-state index in [1.165, 1.54) is 11.3 Å². The van der Waals surface area contributed by atoms with Crippen molar-refractivity contribution >= 4 is 55.8 Å². The van der Waals surface area contributed by atoms with Crippen LogP contribution < -0.4 is 10.6 Å². The van der Waals surface area contributed by atoms with E-state index in [0.717, 1.165) is 63.9 Å². The molecule has 1 aromatic carbocycles. The van der Waals surface area contributed by atoms with Crippen molar-refractivity contribution in [3.05, 3.63) is 53.2 Å². The van der Waals surface area contributed by atoms with E-state index < -0.39 is 0 Å². The molecule has 35 heavy (non-hydrogen) atoms. The van der Waals surface area contributed by atoms with Crippen LogP contribution >= 0.6 is 11.3 Å². The number of hydrogen-bond donors (Lipinski definition) is 3. The minimum absolute atomic E-state index is 0.00634. The number of aryl methyl sites for hydroxylation is 1. The van der Waals surface area contributed by atoms with Gasteiger partial charge in [0.15, 0.2) is 0 Å². The highest BCUT2D eigenvalue weighted by Crippen LogP contribution is 2.35. The van der Waals surface area contributed by atoms with Crippen molar-refractivity contribution in [3.8, 4) is 0 Å². The van der Waals surface area contributed by atoms with Crippen molar-refractivity contribution < 1.29 is 14.7 Å². The molecule has 1 aliphatic carbocycles. The zero-order valence-electron chi connectivity index (χ0n) is 19.5. The molecule has 9 heteroatoms. The van der Waals surface area contributed by atoms with E-state index in [1.807, 2.05) is 43.3 Å². The van der Waals surface area contributed by atoms with Gasteiger partial charge in [0, 0.05) is 35.6 Å². The van der Waals surface area contributed by atoms with Crippen molar-refractivity contribution in [2.45, 2.75) is 44.7 Å². The number of rotatable bonds is 5. The molecule has 6 rings (SSSR count). The maximum absolute atomic E-state index is 13.1. The van der Waals surface area contributed by atoms with E-state index >= 15 is 0 Å². The average Bonchev–Trinajstić information content (AvgIpc) is 3.24. The van der Waals surface area contributed by atoms with Gasteiger partial charge in [-0.15, -0.1) is 11.3 Å². The Kier molecular flexibility index (Phi) is 5.46. The monoisotopic (exact) mass is 489 g/mol. The summed E-state index contributed by atoms with van der Waals surface area (Å²) in [6, 6.07) is 11.8. The van der Waals surface area contributed by atoms with E-state index in [9.17, 15) is 14.7 Å². The van der Waals surface area contributed by atoms with Crippen LogP contribution in [-0.4, -0.2) is 56.7 Å². The Hall–Kier alpha value is -3.43. The molecule has 0 spiro atoms. The number of nitrogens with one attached hydrogen (secondary N) is 2. The van der Waals surface area contributed by atoms with Crippen molar-refractivity contribution in [1.82, 2.24) is 19.8 Å². The number of anilines is 2. The molecule has 4 aromatic rings. The molecule has 2 aliphatic rings. The van der Waals surface area contributed by atoms with Gasteiger partial charge in [0.1, 0.15) is 0 Å². The van der Waals surface area contributed by atoms with Gasteiger partial charge in [0.2, 0.25) is 0 Å². The van der Waals surface area contributed by atoms with E-state index in [-0.39, 0.29) is 24.6 Å². The predicted molar refractivity (Wildman–Crippen MR) is 138 cm³/mol. The summed E-state index contributed by atoms with van der Waals surface area (Å²) in [4.78, 5) is 32.7. The molecule has 1 saturated heterocycles. The van der Waals surface area contributed by atoms with Crippen molar-refractivity contribution in [2.24, 2.45) is 0 Å². The lowest BCUT2D eigenvalue weighted by Crippen LogP contribution is -2.37. The van der Waals surface area contributed by atoms with Crippen LogP contribution in [0.2, 0.25) is 0 Å². The minimum Gasteiger partial charge on any atom is -0.394 e. The van der Waals surface area contributed by atoms with Crippen LogP contribution in [0.3, 0.4) is 0 Å². The highest BCUT2D eigenvalue weighted by Gasteiger charge is 2.30. The van der Waals surface area contributed by atoms with E-state index in [4.69, 9.17) is 0 Å². The number of carbonyl (C=O) groups excluding carboxylic acids is 2. The highest BCUT2D eigenvalue weighted by molar-refractivity contribution is 7.21. The van der Waals surface area contributed by atoms with Crippen molar-refractivity contribution in [2.75, 3.05) is 18.5 Å². The normalized spacial score (nSPS) is 17.9. The van der Waals surface area contributed by atoms with Gasteiger partial charge in [-0.25, -0.2) is 4.79 Å². The van der Waals surface area contributed by atoms with Gasteiger partial charge in [-0.3, -0.25) is 14.3 Å². The third kappa shape index (κ3) is 4.04. The average molecular weight is 490 g/mol. The Morgan fingerprint density at radius 1 is 1.17 bits per heavy atom. The first-order valence-corrected chi connectivity index (χ1v) is 12.8. The Morgan fingerprint density at radius 3 is 2.83 bits per heavy atom. The van der Waals surface area contributed by atoms with Crippen molar-refractivity contribution in [3.63, 3.8) is 0 Å². The van der Waals surface area contributed by atoms with Crippen LogP contribution in [-0.2, 0) is 0 Å². The maximum Gasteiger partial charge on any atom is 0.326 e. The van der Waals surface area contributed by atoms with Crippen LogP contribution in [0.25, 0.3) is 21.1 Å². The molecular weight excluding hydrogens is 462 g/mol. The Morgan fingerprint density at radius 2 is 2.03 bits per heavy atom. The molecule has 2 fully saturated rings. The van der Waals surface area contributed by atoms with E-state index in [0.29, 0.717) is 17.5 Å². The fourth-order valence-electron chi connectivity index (χ4n) is 4.90. The van der Waals surface area contributed by atoms with Crippen LogP contribution in [0.1, 0.15) is 41.0 Å². The summed E-state index contributed by atoms with van der Waals surface area (Å²) < 4.78 is 2.64. The zero-order valence-corrected chi connectivity index (χ0v) is 20.3. The summed E-state index contributed by atoms with van der Waals surface area (Å²) in [5, 5.41) is 17.1. The quantitative estimate of drug-likeness (QED) is 0.380. The number of pyridine rings is 1. The second-order valence-corrected chi connectivity index (χ2v) is 10.5. The van der Waals surface area contributed by atoms with Crippen LogP contribution in [0.15, 0.2) is 42.6 Å². The largest absolute Gasteiger partial charge is 0.394 e. The molecule has 1 atom stereocenters. The Labute approximate surface area is 206 Å². The Balaban J connectivity index is 1.28. The predicted octanol–water partition coefficient (Wildman–Crippen LogP) is 4.62. The molecule has 8 nitrogen and oxygen atoms in total. The highest BCUT2D eigenvalue weighted by atomic mass is 32.1. The van der Waals surface area contributed by atoms with Crippen molar-refractivity contribution in [1.29, 1.82) is 0 Å². The summed E-state index contributed by atoms with van der Waals surface area (Å²) >= 11 is 1.42. The third-order valence-corrected chi connectivity index (χ3v) is 7.99. The molecule has 0 bridgehead atoms. The molecule has 0 unspecified atom stereocenters. The lowest BCUT2D eigenvalue weighted by atomic mass is 10.2. The number of carbonyl (C=O) groups is 2. The van der Waals surface area contributed by atoms with Gasteiger partial charge in [0.05, 0.1) is 38.9 Å². The number of hydrogen-bond acceptors (Lipinski definition) is 6. The molecule has 1 saturated carbocycles. The summed E-state index contributed by atoms with van der Waals surface area (Å²) in [5.74, 6) is -0.0433. The molecule has 1 aliphatic heterocycles. The second kappa shape index (κ2) is 8.66. The summed E-state index contributed by atoms with van der Waals surface area (Å²) in [7, 11) is 0. The molecule has 0 radical (unpaired) electrons. The number of thiophene rings is 1. The van der Waals surface area contributed by atoms with Crippen LogP contribution in [0.5, 0.6) is 0 Å². The molecule has 3 N–H and O–H groups in total. The number of fused-ring (bicyclic) bond motifs is 2. The van der Waals surface area contributed by atoms with E-state index in [2.05, 4.69) is 15.6 Å². The number of amides is 2. The standard InChI is InChI=1S/C26H27N5O3S/c1-15-11-16-12-18(6-7-22(16)31(15)26(34)29-17-4-5-17)28-20-8-9-27-21-13-23(35-24(20)21)25(33)30-10-2-3-19(30)14-32/h6-9,11-13,17,19,32H,2-5,10,14H2,1H3,(H,27,28)(H,29,34)/t19-/m0/s1. The fraction of sp³-hybridized carbons (Fsp3) is 0.346. The van der Waals surface area contributed by atoms with Gasteiger partial charge >= 0.3 is 6.03 Å². The third-order valence-electron chi connectivity index (χ3n) is 6.84. The molecule has 180 valence electrons. The van der Waals surface area contributed by atoms with Crippen LogP contribution in [0, 0.1) is 6.92 Å². The lowest BCUT2D eigenvalue weighted by Gasteiger charge is -2.22. The number of aliphatic hydroxyl groups is 1. The zero-order chi connectivity index (χ0) is 24.1. The molecule has 2 amide bonds. The summed E-state index contributed by atoms with van der Waals surface area (Å²) in [5.41, 5.74) is 4.31. The first kappa shape index (κ1) is 22.1. The van der Waals surface area contributed by atoms with Gasteiger partial charge in [-0.1, -0.05) is 0 Å². The maximum atomic E-state index is 13.1. The van der Waals surface area contributed by atoms with Crippen LogP contribution in [0.4, 0.5) is 16.2 Å². The molecular formula is C26H27N5O3S. The number of likely N-dealkylation sites (tertiary alicyclic amines) is 1.